The van der Waals surface area contributed by atoms with Crippen molar-refractivity contribution < 1.29 is 9.47 Å². The Bertz CT molecular complexity index is 961. The maximum atomic E-state index is 6.46. The van der Waals surface area contributed by atoms with Gasteiger partial charge in [-0.2, -0.15) is 0 Å². The first-order valence-corrected chi connectivity index (χ1v) is 11.0. The van der Waals surface area contributed by atoms with Crippen LogP contribution in [0.15, 0.2) is 48.9 Å². The molecule has 30 heavy (non-hydrogen) atoms. The molecule has 7 heteroatoms. The second kappa shape index (κ2) is 9.95. The van der Waals surface area contributed by atoms with Gasteiger partial charge in [0.05, 0.1) is 28.7 Å². The number of ether oxygens (including phenoxy) is 2. The van der Waals surface area contributed by atoms with Crippen LogP contribution in [0.4, 0.5) is 0 Å². The Morgan fingerprint density at radius 3 is 2.23 bits per heavy atom. The maximum absolute atomic E-state index is 6.46. The zero-order valence-corrected chi connectivity index (χ0v) is 19.6. The molecule has 0 aliphatic heterocycles. The van der Waals surface area contributed by atoms with Crippen LogP contribution in [0.25, 0.3) is 0 Å². The fraction of sp³-hybridized carbons (Fsp3) is 0.348. The van der Waals surface area contributed by atoms with Gasteiger partial charge < -0.3 is 14.0 Å². The monoisotopic (exact) mass is 466 g/mol. The molecule has 0 aliphatic carbocycles. The molecule has 0 saturated heterocycles. The third kappa shape index (κ3) is 5.42. The third-order valence-electron chi connectivity index (χ3n) is 4.97. The average molecular weight is 468 g/mol. The molecule has 160 valence electrons. The Hall–Kier alpha value is -1.88. The number of halogens is 3. The molecule has 0 radical (unpaired) electrons. The molecule has 0 aliphatic rings. The second-order valence-electron chi connectivity index (χ2n) is 7.63. The Labute approximate surface area is 192 Å². The van der Waals surface area contributed by atoms with Crippen LogP contribution in [0.1, 0.15) is 37.1 Å². The van der Waals surface area contributed by atoms with Crippen LogP contribution in [0.5, 0.6) is 11.5 Å². The molecule has 0 bridgehead atoms. The lowest BCUT2D eigenvalue weighted by Gasteiger charge is -2.27. The van der Waals surface area contributed by atoms with E-state index in [9.17, 15) is 0 Å². The molecule has 2 aromatic carbocycles. The number of hydrogen-bond donors (Lipinski definition) is 0. The second-order valence-corrected chi connectivity index (χ2v) is 8.82. The molecular weight excluding hydrogens is 443 g/mol. The van der Waals surface area contributed by atoms with Crippen molar-refractivity contribution in [1.29, 1.82) is 0 Å². The molecule has 1 aromatic heterocycles. The minimum Gasteiger partial charge on any atom is -0.490 e. The van der Waals surface area contributed by atoms with Crippen LogP contribution >= 0.6 is 34.8 Å². The molecule has 0 N–H and O–H groups in total. The highest BCUT2D eigenvalue weighted by molar-refractivity contribution is 6.37. The number of nitrogens with zero attached hydrogens (tertiary/aromatic N) is 2. The van der Waals surface area contributed by atoms with Crippen LogP contribution in [0, 0.1) is 0 Å². The van der Waals surface area contributed by atoms with E-state index >= 15 is 0 Å². The summed E-state index contributed by atoms with van der Waals surface area (Å²) in [6, 6.07) is 11.9. The number of hydrogen-bond acceptors (Lipinski definition) is 3. The lowest BCUT2D eigenvalue weighted by Crippen LogP contribution is -2.19. The first-order valence-electron chi connectivity index (χ1n) is 9.69. The zero-order valence-electron chi connectivity index (χ0n) is 17.3. The van der Waals surface area contributed by atoms with E-state index in [-0.39, 0.29) is 5.41 Å². The van der Waals surface area contributed by atoms with Gasteiger partial charge in [-0.05, 0) is 41.8 Å². The number of imidazole rings is 1. The number of aromatic nitrogens is 2. The molecular formula is C23H25Cl3N2O2. The van der Waals surface area contributed by atoms with Crippen molar-refractivity contribution in [1.82, 2.24) is 9.55 Å². The van der Waals surface area contributed by atoms with Crippen LogP contribution in [0.3, 0.4) is 0 Å². The number of rotatable bonds is 9. The summed E-state index contributed by atoms with van der Waals surface area (Å²) in [7, 11) is 1.93. The summed E-state index contributed by atoms with van der Waals surface area (Å²) in [5.74, 6) is 1.82. The highest BCUT2D eigenvalue weighted by Crippen LogP contribution is 2.40. The lowest BCUT2D eigenvalue weighted by molar-refractivity contribution is 0.301. The van der Waals surface area contributed by atoms with Gasteiger partial charge in [0.15, 0.2) is 5.75 Å². The summed E-state index contributed by atoms with van der Waals surface area (Å²) >= 11 is 18.6. The molecule has 0 atom stereocenters. The van der Waals surface area contributed by atoms with Crippen molar-refractivity contribution in [3.63, 3.8) is 0 Å². The predicted molar refractivity (Wildman–Crippen MR) is 123 cm³/mol. The van der Waals surface area contributed by atoms with Crippen LogP contribution in [-0.4, -0.2) is 22.0 Å². The maximum Gasteiger partial charge on any atom is 0.156 e. The van der Waals surface area contributed by atoms with E-state index in [0.717, 1.165) is 29.0 Å². The van der Waals surface area contributed by atoms with Crippen molar-refractivity contribution in [3.05, 3.63) is 75.8 Å². The molecule has 3 aromatic rings. The Morgan fingerprint density at radius 2 is 1.67 bits per heavy atom. The summed E-state index contributed by atoms with van der Waals surface area (Å²) in [6.45, 7) is 5.17. The molecule has 1 heterocycles. The van der Waals surface area contributed by atoms with Crippen LogP contribution < -0.4 is 9.47 Å². The van der Waals surface area contributed by atoms with E-state index in [1.54, 1.807) is 6.33 Å². The van der Waals surface area contributed by atoms with Gasteiger partial charge in [0.1, 0.15) is 12.4 Å². The Morgan fingerprint density at radius 1 is 1.00 bits per heavy atom. The summed E-state index contributed by atoms with van der Waals surface area (Å²) in [5, 5.41) is 0.992. The minimum atomic E-state index is -0.304. The summed E-state index contributed by atoms with van der Waals surface area (Å²) in [4.78, 5) is 4.27. The van der Waals surface area contributed by atoms with E-state index in [1.807, 2.05) is 42.1 Å². The lowest BCUT2D eigenvalue weighted by atomic mass is 9.78. The van der Waals surface area contributed by atoms with E-state index in [2.05, 4.69) is 31.0 Å². The fourth-order valence-electron chi connectivity index (χ4n) is 3.12. The van der Waals surface area contributed by atoms with Gasteiger partial charge in [-0.3, -0.25) is 0 Å². The van der Waals surface area contributed by atoms with E-state index in [4.69, 9.17) is 44.3 Å². The fourth-order valence-corrected chi connectivity index (χ4v) is 3.83. The molecule has 0 saturated carbocycles. The normalized spacial score (nSPS) is 11.5. The van der Waals surface area contributed by atoms with Crippen molar-refractivity contribution in [2.24, 2.45) is 7.05 Å². The van der Waals surface area contributed by atoms with Gasteiger partial charge >= 0.3 is 0 Å². The first kappa shape index (κ1) is 22.8. The zero-order chi connectivity index (χ0) is 21.7. The van der Waals surface area contributed by atoms with E-state index < -0.39 is 0 Å². The molecule has 0 amide bonds. The van der Waals surface area contributed by atoms with Crippen molar-refractivity contribution in [2.75, 3.05) is 12.5 Å². The number of aryl methyl sites for hydroxylation is 1. The molecule has 0 fully saturated rings. The number of benzene rings is 2. The van der Waals surface area contributed by atoms with Gasteiger partial charge in [0.25, 0.3) is 0 Å². The van der Waals surface area contributed by atoms with Crippen LogP contribution in [0.2, 0.25) is 10.0 Å². The smallest absolute Gasteiger partial charge is 0.156 e. The highest BCUT2D eigenvalue weighted by atomic mass is 35.5. The number of alkyl halides is 1. The third-order valence-corrected chi connectivity index (χ3v) is 5.79. The van der Waals surface area contributed by atoms with Gasteiger partial charge in [0.2, 0.25) is 0 Å². The summed E-state index contributed by atoms with van der Waals surface area (Å²) in [5.41, 5.74) is 2.71. The minimum absolute atomic E-state index is 0.304. The van der Waals surface area contributed by atoms with E-state index in [0.29, 0.717) is 34.9 Å². The quantitative estimate of drug-likeness (QED) is 0.261. The molecule has 4 nitrogen and oxygen atoms in total. The Balaban J connectivity index is 1.74. The van der Waals surface area contributed by atoms with Crippen LogP contribution in [-0.2, 0) is 19.1 Å². The van der Waals surface area contributed by atoms with Gasteiger partial charge in [0, 0.05) is 24.5 Å². The van der Waals surface area contributed by atoms with Gasteiger partial charge in [-0.1, -0.05) is 49.2 Å². The Kier molecular flexibility index (Phi) is 7.56. The predicted octanol–water partition coefficient (Wildman–Crippen LogP) is 6.64. The standard InChI is InChI=1S/C23H25Cl3N2O2/c1-23(2,17-11-20(25)22(21(26)12-17)29-10-4-9-24)16-5-7-19(8-6-16)30-14-18-13-28(3)15-27-18/h5-8,11-13,15H,4,9-10,14H2,1-3H3. The summed E-state index contributed by atoms with van der Waals surface area (Å²) in [6.07, 6.45) is 4.43. The molecule has 0 unspecified atom stereocenters. The molecule has 0 spiro atoms. The van der Waals surface area contributed by atoms with E-state index in [1.165, 1.54) is 0 Å². The van der Waals surface area contributed by atoms with Crippen molar-refractivity contribution >= 4 is 34.8 Å². The molecule has 3 rings (SSSR count). The van der Waals surface area contributed by atoms with Gasteiger partial charge in [-0.25, -0.2) is 4.98 Å². The SMILES string of the molecule is Cn1cnc(COc2ccc(C(C)(C)c3cc(Cl)c(OCCCCl)c(Cl)c3)cc2)c1. The summed E-state index contributed by atoms with van der Waals surface area (Å²) < 4.78 is 13.4. The highest BCUT2D eigenvalue weighted by Gasteiger charge is 2.25. The first-order chi connectivity index (χ1) is 14.3. The van der Waals surface area contributed by atoms with Crippen molar-refractivity contribution in [2.45, 2.75) is 32.3 Å². The van der Waals surface area contributed by atoms with Crippen molar-refractivity contribution in [3.8, 4) is 11.5 Å². The largest absolute Gasteiger partial charge is 0.490 e. The average Bonchev–Trinajstić information content (AvgIpc) is 3.14. The topological polar surface area (TPSA) is 36.3 Å². The van der Waals surface area contributed by atoms with Gasteiger partial charge in [-0.15, -0.1) is 11.6 Å².